The number of aromatic nitrogens is 1. The lowest BCUT2D eigenvalue weighted by Gasteiger charge is -2.12. The second-order valence-electron chi connectivity index (χ2n) is 5.54. The molecule has 0 spiro atoms. The van der Waals surface area contributed by atoms with Crippen molar-refractivity contribution >= 4 is 26.6 Å². The predicted octanol–water partition coefficient (Wildman–Crippen LogP) is 0.953. The van der Waals surface area contributed by atoms with Gasteiger partial charge < -0.3 is 14.6 Å². The molecule has 7 heteroatoms. The third-order valence-electron chi connectivity index (χ3n) is 3.89. The van der Waals surface area contributed by atoms with Crippen LogP contribution in [0.1, 0.15) is 6.42 Å². The largest absolute Gasteiger partial charge is 0.497 e. The molecule has 1 atom stereocenters. The first-order valence-electron chi connectivity index (χ1n) is 7.09. The fraction of sp³-hybridized carbons (Fsp3) is 0.400. The molecule has 2 aromatic rings. The van der Waals surface area contributed by atoms with Gasteiger partial charge >= 0.3 is 0 Å². The smallest absolute Gasteiger partial charge is 0.240 e. The lowest BCUT2D eigenvalue weighted by atomic mass is 10.2. The summed E-state index contributed by atoms with van der Waals surface area (Å²) in [6, 6.07) is 7.32. The van der Waals surface area contributed by atoms with Crippen LogP contribution in [-0.2, 0) is 21.2 Å². The van der Waals surface area contributed by atoms with E-state index in [4.69, 9.17) is 4.74 Å². The number of fused-ring (bicyclic) bond motifs is 1. The van der Waals surface area contributed by atoms with E-state index in [0.29, 0.717) is 6.42 Å². The van der Waals surface area contributed by atoms with E-state index in [1.54, 1.807) is 7.11 Å². The zero-order valence-electron chi connectivity index (χ0n) is 12.3. The van der Waals surface area contributed by atoms with Crippen LogP contribution in [-0.4, -0.2) is 43.5 Å². The van der Waals surface area contributed by atoms with Gasteiger partial charge in [-0.05, 0) is 30.7 Å². The summed E-state index contributed by atoms with van der Waals surface area (Å²) >= 11 is 0. The predicted molar refractivity (Wildman–Crippen MR) is 83.7 cm³/mol. The van der Waals surface area contributed by atoms with E-state index in [1.165, 1.54) is 0 Å². The molecule has 0 unspecified atom stereocenters. The molecule has 1 amide bonds. The zero-order valence-corrected chi connectivity index (χ0v) is 13.1. The molecule has 3 rings (SSSR count). The summed E-state index contributed by atoms with van der Waals surface area (Å²) in [5.74, 6) is 0.799. The maximum Gasteiger partial charge on any atom is 0.240 e. The highest BCUT2D eigenvalue weighted by molar-refractivity contribution is 7.91. The van der Waals surface area contributed by atoms with E-state index in [0.717, 1.165) is 16.7 Å². The van der Waals surface area contributed by atoms with Crippen molar-refractivity contribution in [1.29, 1.82) is 0 Å². The van der Waals surface area contributed by atoms with Crippen molar-refractivity contribution in [2.24, 2.45) is 0 Å². The van der Waals surface area contributed by atoms with Crippen LogP contribution in [0.4, 0.5) is 0 Å². The Morgan fingerprint density at radius 2 is 2.23 bits per heavy atom. The van der Waals surface area contributed by atoms with Gasteiger partial charge in [-0.25, -0.2) is 8.42 Å². The minimum atomic E-state index is -2.98. The number of nitrogens with one attached hydrogen (secondary N) is 1. The van der Waals surface area contributed by atoms with Crippen molar-refractivity contribution in [3.63, 3.8) is 0 Å². The fourth-order valence-corrected chi connectivity index (χ4v) is 4.45. The number of sulfone groups is 1. The monoisotopic (exact) mass is 322 g/mol. The average Bonchev–Trinajstić information content (AvgIpc) is 3.01. The van der Waals surface area contributed by atoms with Gasteiger partial charge in [-0.1, -0.05) is 0 Å². The minimum Gasteiger partial charge on any atom is -0.497 e. The van der Waals surface area contributed by atoms with Crippen LogP contribution in [0, 0.1) is 0 Å². The second kappa shape index (κ2) is 5.64. The maximum atomic E-state index is 12.1. The molecule has 6 nitrogen and oxygen atoms in total. The molecule has 1 saturated heterocycles. The molecular weight excluding hydrogens is 304 g/mol. The van der Waals surface area contributed by atoms with Crippen LogP contribution in [0.25, 0.3) is 10.9 Å². The Bertz CT molecular complexity index is 810. The van der Waals surface area contributed by atoms with Gasteiger partial charge in [-0.3, -0.25) is 4.79 Å². The van der Waals surface area contributed by atoms with Crippen molar-refractivity contribution in [3.05, 3.63) is 30.5 Å². The van der Waals surface area contributed by atoms with Crippen LogP contribution in [0.3, 0.4) is 0 Å². The van der Waals surface area contributed by atoms with E-state index in [9.17, 15) is 13.2 Å². The number of benzene rings is 1. The van der Waals surface area contributed by atoms with E-state index in [-0.39, 0.29) is 30.0 Å². The molecule has 1 fully saturated rings. The van der Waals surface area contributed by atoms with E-state index in [2.05, 4.69) is 5.32 Å². The van der Waals surface area contributed by atoms with Gasteiger partial charge in [0.2, 0.25) is 5.91 Å². The molecular formula is C15H18N2O4S. The molecule has 1 aromatic heterocycles. The molecule has 118 valence electrons. The quantitative estimate of drug-likeness (QED) is 0.909. The van der Waals surface area contributed by atoms with Crippen molar-refractivity contribution in [2.45, 2.75) is 19.0 Å². The summed E-state index contributed by atoms with van der Waals surface area (Å²) in [6.07, 6.45) is 2.34. The average molecular weight is 322 g/mol. The Morgan fingerprint density at radius 1 is 1.41 bits per heavy atom. The number of rotatable bonds is 4. The Kier molecular flexibility index (Phi) is 3.82. The van der Waals surface area contributed by atoms with Gasteiger partial charge in [0.25, 0.3) is 0 Å². The van der Waals surface area contributed by atoms with Crippen LogP contribution < -0.4 is 10.1 Å². The van der Waals surface area contributed by atoms with Gasteiger partial charge in [0.15, 0.2) is 9.84 Å². The molecule has 1 aliphatic heterocycles. The Balaban J connectivity index is 1.69. The fourth-order valence-electron chi connectivity index (χ4n) is 2.78. The van der Waals surface area contributed by atoms with Crippen LogP contribution in [0.5, 0.6) is 5.75 Å². The highest BCUT2D eigenvalue weighted by Crippen LogP contribution is 2.21. The highest BCUT2D eigenvalue weighted by Gasteiger charge is 2.28. The Labute approximate surface area is 129 Å². The lowest BCUT2D eigenvalue weighted by molar-refractivity contribution is -0.122. The standard InChI is InChI=1S/C15H18N2O4S/c1-21-13-2-3-14-11(8-13)4-6-17(14)9-15(18)16-12-5-7-22(19,20)10-12/h2-4,6,8,12H,5,7,9-10H2,1H3,(H,16,18)/t12-/m1/s1. The molecule has 0 aliphatic carbocycles. The molecule has 2 heterocycles. The first-order valence-corrected chi connectivity index (χ1v) is 8.92. The zero-order chi connectivity index (χ0) is 15.7. The third-order valence-corrected chi connectivity index (χ3v) is 5.66. The molecule has 1 N–H and O–H groups in total. The van der Waals surface area contributed by atoms with Gasteiger partial charge in [0, 0.05) is 23.1 Å². The topological polar surface area (TPSA) is 77.4 Å². The Hall–Kier alpha value is -2.02. The molecule has 0 radical (unpaired) electrons. The normalized spacial score (nSPS) is 20.1. The second-order valence-corrected chi connectivity index (χ2v) is 7.76. The number of methoxy groups -OCH3 is 1. The molecule has 0 saturated carbocycles. The van der Waals surface area contributed by atoms with Gasteiger partial charge in [0.05, 0.1) is 18.6 Å². The molecule has 22 heavy (non-hydrogen) atoms. The van der Waals surface area contributed by atoms with E-state index in [1.807, 2.05) is 35.0 Å². The first-order chi connectivity index (χ1) is 10.5. The summed E-state index contributed by atoms with van der Waals surface area (Å²) in [5, 5.41) is 3.79. The number of hydrogen-bond donors (Lipinski definition) is 1. The van der Waals surface area contributed by atoms with Crippen molar-refractivity contribution in [1.82, 2.24) is 9.88 Å². The number of ether oxygens (including phenoxy) is 1. The minimum absolute atomic E-state index is 0.0440. The van der Waals surface area contributed by atoms with Crippen LogP contribution >= 0.6 is 0 Å². The van der Waals surface area contributed by atoms with Crippen LogP contribution in [0.2, 0.25) is 0 Å². The number of carbonyl (C=O) groups excluding carboxylic acids is 1. The Morgan fingerprint density at radius 3 is 2.91 bits per heavy atom. The van der Waals surface area contributed by atoms with Crippen molar-refractivity contribution in [3.8, 4) is 5.75 Å². The summed E-state index contributed by atoms with van der Waals surface area (Å²) in [5.41, 5.74) is 0.940. The van der Waals surface area contributed by atoms with E-state index < -0.39 is 9.84 Å². The van der Waals surface area contributed by atoms with Gasteiger partial charge in [-0.15, -0.1) is 0 Å². The van der Waals surface area contributed by atoms with Crippen molar-refractivity contribution < 1.29 is 17.9 Å². The molecule has 0 bridgehead atoms. The van der Waals surface area contributed by atoms with Gasteiger partial charge in [-0.2, -0.15) is 0 Å². The number of hydrogen-bond acceptors (Lipinski definition) is 4. The van der Waals surface area contributed by atoms with E-state index >= 15 is 0 Å². The summed E-state index contributed by atoms with van der Waals surface area (Å²) < 4.78 is 29.8. The third kappa shape index (κ3) is 3.09. The first kappa shape index (κ1) is 14.9. The number of nitrogens with zero attached hydrogens (tertiary/aromatic N) is 1. The maximum absolute atomic E-state index is 12.1. The summed E-state index contributed by atoms with van der Waals surface area (Å²) in [4.78, 5) is 12.1. The number of carbonyl (C=O) groups is 1. The molecule has 1 aliphatic rings. The van der Waals surface area contributed by atoms with Gasteiger partial charge in [0.1, 0.15) is 12.3 Å². The lowest BCUT2D eigenvalue weighted by Crippen LogP contribution is -2.37. The summed E-state index contributed by atoms with van der Waals surface area (Å²) in [7, 11) is -1.37. The van der Waals surface area contributed by atoms with Crippen molar-refractivity contribution in [2.75, 3.05) is 18.6 Å². The SMILES string of the molecule is COc1ccc2c(ccn2CC(=O)N[C@@H]2CCS(=O)(=O)C2)c1. The molecule has 1 aromatic carbocycles. The van der Waals surface area contributed by atoms with Crippen LogP contribution in [0.15, 0.2) is 30.5 Å². The number of amides is 1. The summed E-state index contributed by atoms with van der Waals surface area (Å²) in [6.45, 7) is 0.173. The highest BCUT2D eigenvalue weighted by atomic mass is 32.2.